The molecule has 1 aliphatic heterocycles. The van der Waals surface area contributed by atoms with Crippen molar-refractivity contribution in [2.45, 2.75) is 20.5 Å². The second kappa shape index (κ2) is 12.2. The monoisotopic (exact) mass is 544 g/mol. The number of amides is 4. The fraction of sp³-hybridized carbons (Fsp3) is 0.172. The number of rotatable bonds is 9. The first-order chi connectivity index (χ1) is 18.8. The molecule has 0 bridgehead atoms. The molecule has 4 rings (SSSR count). The van der Waals surface area contributed by atoms with Gasteiger partial charge in [0.15, 0.2) is 11.5 Å². The van der Waals surface area contributed by atoms with E-state index >= 15 is 0 Å². The number of carbonyl (C=O) groups excluding carboxylic acids is 3. The van der Waals surface area contributed by atoms with Gasteiger partial charge in [0.2, 0.25) is 5.91 Å². The standard InChI is InChI=1S/C29H25ClN4O5/c1-3-38-25-14-19(12-23(30)27(25)39-17-21-7-5-4-6-20(21)15-31)13-24-28(36)34(29(37)33-24)16-26(35)32-22-10-8-18(2)9-11-22/h4-14H,3,16-17H2,1-2H3,(H,32,35)(H,33,37)/b24-13-. The summed E-state index contributed by atoms with van der Waals surface area (Å²) in [6.45, 7) is 3.69. The maximum atomic E-state index is 12.9. The van der Waals surface area contributed by atoms with E-state index in [0.717, 1.165) is 10.5 Å². The normalized spacial score (nSPS) is 13.7. The van der Waals surface area contributed by atoms with Gasteiger partial charge in [0.05, 0.1) is 23.3 Å². The van der Waals surface area contributed by atoms with Crippen LogP contribution in [0.3, 0.4) is 0 Å². The second-order valence-corrected chi connectivity index (χ2v) is 9.02. The van der Waals surface area contributed by atoms with Crippen molar-refractivity contribution in [3.05, 3.63) is 93.6 Å². The number of aryl methyl sites for hydroxylation is 1. The minimum atomic E-state index is -0.711. The van der Waals surface area contributed by atoms with Crippen molar-refractivity contribution in [3.63, 3.8) is 0 Å². The third kappa shape index (κ3) is 6.55. The fourth-order valence-electron chi connectivity index (χ4n) is 3.84. The summed E-state index contributed by atoms with van der Waals surface area (Å²) in [4.78, 5) is 38.6. The van der Waals surface area contributed by atoms with Crippen LogP contribution < -0.4 is 20.1 Å². The lowest BCUT2D eigenvalue weighted by Crippen LogP contribution is -2.38. The Morgan fingerprint density at radius 3 is 2.59 bits per heavy atom. The average Bonchev–Trinajstić information content (AvgIpc) is 3.17. The number of halogens is 1. The van der Waals surface area contributed by atoms with E-state index in [9.17, 15) is 19.6 Å². The van der Waals surface area contributed by atoms with E-state index < -0.39 is 24.4 Å². The predicted molar refractivity (Wildman–Crippen MR) is 146 cm³/mol. The molecule has 1 saturated heterocycles. The summed E-state index contributed by atoms with van der Waals surface area (Å²) in [6.07, 6.45) is 1.45. The van der Waals surface area contributed by atoms with E-state index in [2.05, 4.69) is 16.7 Å². The number of nitriles is 1. The molecule has 1 heterocycles. The summed E-state index contributed by atoms with van der Waals surface area (Å²) < 4.78 is 11.6. The first kappa shape index (κ1) is 27.2. The maximum absolute atomic E-state index is 12.9. The molecule has 198 valence electrons. The lowest BCUT2D eigenvalue weighted by Gasteiger charge is -2.15. The van der Waals surface area contributed by atoms with E-state index in [1.165, 1.54) is 6.08 Å². The molecule has 3 aromatic carbocycles. The van der Waals surface area contributed by atoms with Gasteiger partial charge in [-0.1, -0.05) is 47.5 Å². The van der Waals surface area contributed by atoms with E-state index in [0.29, 0.717) is 34.7 Å². The van der Waals surface area contributed by atoms with Gasteiger partial charge in [-0.3, -0.25) is 9.59 Å². The Kier molecular flexibility index (Phi) is 8.49. The molecule has 9 nitrogen and oxygen atoms in total. The van der Waals surface area contributed by atoms with Crippen LogP contribution in [0.25, 0.3) is 6.08 Å². The molecule has 2 N–H and O–H groups in total. The van der Waals surface area contributed by atoms with Crippen LogP contribution in [-0.2, 0) is 16.2 Å². The Hall–Kier alpha value is -4.81. The third-order valence-corrected chi connectivity index (χ3v) is 6.03. The van der Waals surface area contributed by atoms with Crippen LogP contribution in [0.4, 0.5) is 10.5 Å². The van der Waals surface area contributed by atoms with Crippen LogP contribution in [0.15, 0.2) is 66.4 Å². The number of ether oxygens (including phenoxy) is 2. The van der Waals surface area contributed by atoms with Gasteiger partial charge >= 0.3 is 6.03 Å². The van der Waals surface area contributed by atoms with Gasteiger partial charge in [-0.05, 0) is 55.8 Å². The van der Waals surface area contributed by atoms with Crippen LogP contribution in [0.5, 0.6) is 11.5 Å². The fourth-order valence-corrected chi connectivity index (χ4v) is 4.12. The first-order valence-electron chi connectivity index (χ1n) is 12.1. The summed E-state index contributed by atoms with van der Waals surface area (Å²) in [6, 6.07) is 18.8. The van der Waals surface area contributed by atoms with Gasteiger partial charge < -0.3 is 20.1 Å². The van der Waals surface area contributed by atoms with Crippen molar-refractivity contribution in [1.82, 2.24) is 10.2 Å². The van der Waals surface area contributed by atoms with Crippen LogP contribution in [0.1, 0.15) is 29.2 Å². The molecule has 0 saturated carbocycles. The van der Waals surface area contributed by atoms with Crippen molar-refractivity contribution in [2.75, 3.05) is 18.5 Å². The molecule has 0 aliphatic carbocycles. The first-order valence-corrected chi connectivity index (χ1v) is 12.4. The number of carbonyl (C=O) groups is 3. The molecule has 1 fully saturated rings. The highest BCUT2D eigenvalue weighted by Gasteiger charge is 2.35. The Morgan fingerprint density at radius 2 is 1.87 bits per heavy atom. The highest BCUT2D eigenvalue weighted by atomic mass is 35.5. The summed E-state index contributed by atoms with van der Waals surface area (Å²) in [7, 11) is 0. The van der Waals surface area contributed by atoms with Gasteiger partial charge in [0.1, 0.15) is 18.8 Å². The Labute approximate surface area is 230 Å². The van der Waals surface area contributed by atoms with Gasteiger partial charge in [0.25, 0.3) is 5.91 Å². The zero-order valence-corrected chi connectivity index (χ0v) is 22.0. The van der Waals surface area contributed by atoms with Gasteiger partial charge in [-0.15, -0.1) is 0 Å². The van der Waals surface area contributed by atoms with Crippen molar-refractivity contribution in [1.29, 1.82) is 5.26 Å². The zero-order valence-electron chi connectivity index (χ0n) is 21.3. The van der Waals surface area contributed by atoms with Gasteiger partial charge in [0, 0.05) is 11.3 Å². The van der Waals surface area contributed by atoms with Crippen LogP contribution in [0, 0.1) is 18.3 Å². The van der Waals surface area contributed by atoms with Crippen LogP contribution in [0.2, 0.25) is 5.02 Å². The van der Waals surface area contributed by atoms with E-state index in [1.54, 1.807) is 49.4 Å². The van der Waals surface area contributed by atoms with Gasteiger partial charge in [-0.25, -0.2) is 9.69 Å². The highest BCUT2D eigenvalue weighted by Crippen LogP contribution is 2.38. The van der Waals surface area contributed by atoms with Gasteiger partial charge in [-0.2, -0.15) is 5.26 Å². The van der Waals surface area contributed by atoms with E-state index in [1.807, 2.05) is 25.1 Å². The van der Waals surface area contributed by atoms with E-state index in [-0.39, 0.29) is 23.1 Å². The molecule has 0 atom stereocenters. The Morgan fingerprint density at radius 1 is 1.13 bits per heavy atom. The molecular weight excluding hydrogens is 520 g/mol. The summed E-state index contributed by atoms with van der Waals surface area (Å²) >= 11 is 6.51. The molecule has 1 aliphatic rings. The van der Waals surface area contributed by atoms with Crippen LogP contribution in [-0.4, -0.2) is 35.9 Å². The molecule has 0 spiro atoms. The quantitative estimate of drug-likeness (QED) is 0.288. The number of hydrogen-bond acceptors (Lipinski definition) is 6. The van der Waals surface area contributed by atoms with E-state index in [4.69, 9.17) is 21.1 Å². The summed E-state index contributed by atoms with van der Waals surface area (Å²) in [5.41, 5.74) is 3.23. The van der Waals surface area contributed by atoms with Crippen molar-refractivity contribution in [2.24, 2.45) is 0 Å². The topological polar surface area (TPSA) is 121 Å². The largest absolute Gasteiger partial charge is 0.490 e. The number of nitrogens with zero attached hydrogens (tertiary/aromatic N) is 2. The number of imide groups is 1. The number of anilines is 1. The summed E-state index contributed by atoms with van der Waals surface area (Å²) in [5.74, 6) is -0.548. The molecule has 0 aromatic heterocycles. The average molecular weight is 545 g/mol. The number of urea groups is 1. The minimum absolute atomic E-state index is 0.0155. The summed E-state index contributed by atoms with van der Waals surface area (Å²) in [5, 5.41) is 14.7. The van der Waals surface area contributed by atoms with Crippen molar-refractivity contribution >= 4 is 41.2 Å². The SMILES string of the molecule is CCOc1cc(/C=C2\NC(=O)N(CC(=O)Nc3ccc(C)cc3)C2=O)cc(Cl)c1OCc1ccccc1C#N. The molecule has 10 heteroatoms. The maximum Gasteiger partial charge on any atom is 0.329 e. The number of nitrogens with one attached hydrogen (secondary N) is 2. The molecule has 0 unspecified atom stereocenters. The smallest absolute Gasteiger partial charge is 0.329 e. The third-order valence-electron chi connectivity index (χ3n) is 5.75. The molecule has 39 heavy (non-hydrogen) atoms. The zero-order chi connectivity index (χ0) is 27.9. The Bertz CT molecular complexity index is 1490. The van der Waals surface area contributed by atoms with Crippen molar-refractivity contribution in [3.8, 4) is 17.6 Å². The lowest BCUT2D eigenvalue weighted by atomic mass is 10.1. The number of benzene rings is 3. The highest BCUT2D eigenvalue weighted by molar-refractivity contribution is 6.32. The molecule has 4 amide bonds. The Balaban J connectivity index is 1.50. The molecule has 0 radical (unpaired) electrons. The number of hydrogen-bond donors (Lipinski definition) is 2. The van der Waals surface area contributed by atoms with Crippen molar-refractivity contribution < 1.29 is 23.9 Å². The minimum Gasteiger partial charge on any atom is -0.490 e. The predicted octanol–water partition coefficient (Wildman–Crippen LogP) is 5.03. The second-order valence-electron chi connectivity index (χ2n) is 8.61. The van der Waals surface area contributed by atoms with Crippen LogP contribution >= 0.6 is 11.6 Å². The molecular formula is C29H25ClN4O5. The lowest BCUT2D eigenvalue weighted by molar-refractivity contribution is -0.127. The molecule has 3 aromatic rings.